The molecule has 180 valence electrons. The molecule has 0 saturated carbocycles. The number of unbranched alkanes of at least 4 members (excludes halogenated alkanes) is 12. The summed E-state index contributed by atoms with van der Waals surface area (Å²) in [5, 5.41) is 0. The van der Waals surface area contributed by atoms with Crippen molar-refractivity contribution in [3.8, 4) is 0 Å². The van der Waals surface area contributed by atoms with E-state index in [0.29, 0.717) is 26.1 Å². The second-order valence-corrected chi connectivity index (χ2v) is 9.90. The van der Waals surface area contributed by atoms with Crippen LogP contribution in [0.15, 0.2) is 0 Å². The Kier molecular flexibility index (Phi) is 18.7. The van der Waals surface area contributed by atoms with E-state index in [1.54, 1.807) is 13.8 Å². The van der Waals surface area contributed by atoms with Gasteiger partial charge < -0.3 is 13.6 Å². The van der Waals surface area contributed by atoms with Crippen LogP contribution >= 0.6 is 0 Å². The Morgan fingerprint density at radius 2 is 1.13 bits per heavy atom. The van der Waals surface area contributed by atoms with Crippen molar-refractivity contribution < 1.29 is 31.6 Å². The molecule has 0 bridgehead atoms. The summed E-state index contributed by atoms with van der Waals surface area (Å²) in [4.78, 5) is 11.3. The van der Waals surface area contributed by atoms with E-state index in [-0.39, 0.29) is 0 Å². The van der Waals surface area contributed by atoms with Gasteiger partial charge in [-0.2, -0.15) is 13.2 Å². The largest absolute Gasteiger partial charge is 0.490 e. The third-order valence-electron chi connectivity index (χ3n) is 5.05. The SMILES string of the molecule is CCCCCCCCCCCCCCCC(OC(=O)C(F)(F)F)[SiH](OCC)OCC. The van der Waals surface area contributed by atoms with Crippen LogP contribution in [0.1, 0.15) is 111 Å². The maximum absolute atomic E-state index is 12.6. The van der Waals surface area contributed by atoms with Crippen molar-refractivity contribution in [2.24, 2.45) is 0 Å². The molecule has 0 aliphatic rings. The molecule has 1 unspecified atom stereocenters. The van der Waals surface area contributed by atoms with E-state index in [4.69, 9.17) is 13.6 Å². The van der Waals surface area contributed by atoms with Gasteiger partial charge in [-0.05, 0) is 26.7 Å². The van der Waals surface area contributed by atoms with Gasteiger partial charge >= 0.3 is 21.4 Å². The number of halogens is 3. The Morgan fingerprint density at radius 1 is 0.733 bits per heavy atom. The molecule has 0 aromatic carbocycles. The van der Waals surface area contributed by atoms with Crippen LogP contribution < -0.4 is 0 Å². The summed E-state index contributed by atoms with van der Waals surface area (Å²) in [5.41, 5.74) is -0.910. The highest BCUT2D eigenvalue weighted by molar-refractivity contribution is 6.46. The minimum atomic E-state index is -4.99. The molecule has 0 heterocycles. The first-order chi connectivity index (χ1) is 14.4. The van der Waals surface area contributed by atoms with Gasteiger partial charge in [0.25, 0.3) is 0 Å². The van der Waals surface area contributed by atoms with Gasteiger partial charge in [-0.1, -0.05) is 84.0 Å². The maximum atomic E-state index is 12.6. The summed E-state index contributed by atoms with van der Waals surface area (Å²) in [7, 11) is -2.51. The Hall–Kier alpha value is -0.603. The van der Waals surface area contributed by atoms with Crippen molar-refractivity contribution in [3.63, 3.8) is 0 Å². The third kappa shape index (κ3) is 16.1. The molecule has 0 aliphatic carbocycles. The molecule has 0 saturated heterocycles. The number of rotatable bonds is 20. The molecule has 0 rings (SSSR count). The van der Waals surface area contributed by atoms with Gasteiger partial charge in [-0.3, -0.25) is 0 Å². The fourth-order valence-corrected chi connectivity index (χ4v) is 5.33. The van der Waals surface area contributed by atoms with Crippen molar-refractivity contribution in [2.75, 3.05) is 13.2 Å². The lowest BCUT2D eigenvalue weighted by Crippen LogP contribution is -2.43. The van der Waals surface area contributed by atoms with Crippen LogP contribution in [0.25, 0.3) is 0 Å². The molecule has 8 heteroatoms. The number of carbonyl (C=O) groups is 1. The first-order valence-electron chi connectivity index (χ1n) is 11.9. The lowest BCUT2D eigenvalue weighted by atomic mass is 10.0. The molecule has 0 N–H and O–H groups in total. The zero-order valence-corrected chi connectivity index (χ0v) is 20.4. The van der Waals surface area contributed by atoms with Crippen LogP contribution in [-0.2, 0) is 18.4 Å². The van der Waals surface area contributed by atoms with Crippen LogP contribution in [0.4, 0.5) is 13.2 Å². The zero-order valence-electron chi connectivity index (χ0n) is 19.2. The highest BCUT2D eigenvalue weighted by Gasteiger charge is 2.44. The van der Waals surface area contributed by atoms with Gasteiger partial charge in [0.2, 0.25) is 0 Å². The Morgan fingerprint density at radius 3 is 1.50 bits per heavy atom. The summed E-state index contributed by atoms with van der Waals surface area (Å²) in [6, 6.07) is 0. The molecule has 0 aromatic heterocycles. The third-order valence-corrected chi connectivity index (χ3v) is 7.45. The average Bonchev–Trinajstić information content (AvgIpc) is 2.69. The second-order valence-electron chi connectivity index (χ2n) is 7.75. The van der Waals surface area contributed by atoms with Crippen LogP contribution in [0.3, 0.4) is 0 Å². The maximum Gasteiger partial charge on any atom is 0.490 e. The molecule has 0 aliphatic heterocycles. The van der Waals surface area contributed by atoms with Crippen LogP contribution in [-0.4, -0.2) is 40.4 Å². The van der Waals surface area contributed by atoms with E-state index >= 15 is 0 Å². The van der Waals surface area contributed by atoms with Gasteiger partial charge in [0.15, 0.2) is 0 Å². The Balaban J connectivity index is 4.05. The highest BCUT2D eigenvalue weighted by Crippen LogP contribution is 2.21. The van der Waals surface area contributed by atoms with Gasteiger partial charge in [-0.25, -0.2) is 4.79 Å². The first-order valence-corrected chi connectivity index (χ1v) is 13.5. The van der Waals surface area contributed by atoms with E-state index in [2.05, 4.69) is 6.92 Å². The predicted octanol–water partition coefficient (Wildman–Crippen LogP) is 6.77. The minimum Gasteiger partial charge on any atom is -0.454 e. The number of hydrogen-bond donors (Lipinski definition) is 0. The lowest BCUT2D eigenvalue weighted by Gasteiger charge is -2.25. The van der Waals surface area contributed by atoms with Gasteiger partial charge in [0, 0.05) is 13.2 Å². The number of ether oxygens (including phenoxy) is 1. The van der Waals surface area contributed by atoms with Crippen molar-refractivity contribution in [1.82, 2.24) is 0 Å². The van der Waals surface area contributed by atoms with Crippen LogP contribution in [0, 0.1) is 0 Å². The fourth-order valence-electron chi connectivity index (χ4n) is 3.41. The van der Waals surface area contributed by atoms with Crippen molar-refractivity contribution in [2.45, 2.75) is 123 Å². The van der Waals surface area contributed by atoms with E-state index in [0.717, 1.165) is 19.3 Å². The molecular weight excluding hydrogens is 413 g/mol. The Labute approximate surface area is 183 Å². The molecule has 1 atom stereocenters. The van der Waals surface area contributed by atoms with E-state index in [9.17, 15) is 18.0 Å². The summed E-state index contributed by atoms with van der Waals surface area (Å²) in [6.45, 7) is 6.40. The van der Waals surface area contributed by atoms with Crippen molar-refractivity contribution >= 4 is 15.3 Å². The van der Waals surface area contributed by atoms with E-state index in [1.807, 2.05) is 0 Å². The monoisotopic (exact) mass is 456 g/mol. The molecule has 0 fully saturated rings. The minimum absolute atomic E-state index is 0.329. The fraction of sp³-hybridized carbons (Fsp3) is 0.955. The summed E-state index contributed by atoms with van der Waals surface area (Å²) in [6.07, 6.45) is 10.9. The molecular formula is C22H43F3O4Si. The van der Waals surface area contributed by atoms with Crippen molar-refractivity contribution in [1.29, 1.82) is 0 Å². The predicted molar refractivity (Wildman–Crippen MR) is 117 cm³/mol. The van der Waals surface area contributed by atoms with Gasteiger partial charge in [-0.15, -0.1) is 0 Å². The summed E-state index contributed by atoms with van der Waals surface area (Å²) >= 11 is 0. The normalized spacial score (nSPS) is 13.0. The summed E-state index contributed by atoms with van der Waals surface area (Å²) < 4.78 is 53.5. The molecule has 4 nitrogen and oxygen atoms in total. The molecule has 0 spiro atoms. The molecule has 30 heavy (non-hydrogen) atoms. The Bertz CT molecular complexity index is 402. The number of hydrogen-bond acceptors (Lipinski definition) is 4. The van der Waals surface area contributed by atoms with Gasteiger partial charge in [0.05, 0.1) is 0 Å². The zero-order chi connectivity index (χ0) is 22.7. The standard InChI is InChI=1S/C22H43F3O4Si/c1-4-7-8-9-10-11-12-13-14-15-16-17-18-19-20(29-21(26)22(23,24)25)30(27-5-2)28-6-3/h20,30H,4-19H2,1-3H3. The van der Waals surface area contributed by atoms with E-state index < -0.39 is 27.2 Å². The smallest absolute Gasteiger partial charge is 0.454 e. The molecule has 0 amide bonds. The quantitative estimate of drug-likeness (QED) is 0.115. The molecule has 0 radical (unpaired) electrons. The van der Waals surface area contributed by atoms with E-state index in [1.165, 1.54) is 57.8 Å². The highest BCUT2D eigenvalue weighted by atomic mass is 28.3. The molecule has 0 aromatic rings. The number of alkyl halides is 3. The number of esters is 1. The van der Waals surface area contributed by atoms with Crippen molar-refractivity contribution in [3.05, 3.63) is 0 Å². The van der Waals surface area contributed by atoms with Gasteiger partial charge in [0.1, 0.15) is 5.73 Å². The average molecular weight is 457 g/mol. The summed E-state index contributed by atoms with van der Waals surface area (Å²) in [5.74, 6) is -2.15. The topological polar surface area (TPSA) is 44.8 Å². The van der Waals surface area contributed by atoms with Crippen LogP contribution in [0.5, 0.6) is 0 Å². The van der Waals surface area contributed by atoms with Crippen LogP contribution in [0.2, 0.25) is 0 Å². The lowest BCUT2D eigenvalue weighted by molar-refractivity contribution is -0.203. The second kappa shape index (κ2) is 19.1. The first kappa shape index (κ1) is 29.4. The number of carbonyl (C=O) groups excluding carboxylic acids is 1.